The summed E-state index contributed by atoms with van der Waals surface area (Å²) in [7, 11) is 9.87. The molecule has 6 heteroatoms. The van der Waals surface area contributed by atoms with Gasteiger partial charge in [0.25, 0.3) is 0 Å². The molecule has 0 bridgehead atoms. The first-order chi connectivity index (χ1) is 12.7. The maximum absolute atomic E-state index is 4.93. The van der Waals surface area contributed by atoms with Crippen molar-refractivity contribution in [3.63, 3.8) is 0 Å². The number of nitrogens with zero attached hydrogens (tertiary/aromatic N) is 1. The van der Waals surface area contributed by atoms with E-state index in [9.17, 15) is 0 Å². The van der Waals surface area contributed by atoms with E-state index >= 15 is 0 Å². The molecule has 0 fully saturated rings. The van der Waals surface area contributed by atoms with Gasteiger partial charge < -0.3 is 13.5 Å². The molecule has 138 valence electrons. The first-order valence-electron chi connectivity index (χ1n) is 7.92. The zero-order valence-electron chi connectivity index (χ0n) is 14.1. The van der Waals surface area contributed by atoms with Gasteiger partial charge in [0.1, 0.15) is 0 Å². The average Bonchev–Trinajstić information content (AvgIpc) is 3.26. The van der Waals surface area contributed by atoms with E-state index in [1.54, 1.807) is 6.20 Å². The van der Waals surface area contributed by atoms with Gasteiger partial charge in [-0.1, -0.05) is 40.3 Å². The second kappa shape index (κ2) is 11.5. The fourth-order valence-electron chi connectivity index (χ4n) is 2.98. The minimum Gasteiger partial charge on any atom is -0.813 e. The van der Waals surface area contributed by atoms with E-state index in [0.717, 1.165) is 4.47 Å². The SMILES string of the molecule is Brc1ccc2c(c1)C=C1[C-]=CN=CC12.[Cl][Zr][Cl].[SH-].c1ccc2[cH-]ccc2c1. The van der Waals surface area contributed by atoms with E-state index in [0.29, 0.717) is 5.92 Å². The third-order valence-corrected chi connectivity index (χ3v) is 4.61. The van der Waals surface area contributed by atoms with Gasteiger partial charge in [-0.05, 0) is 11.6 Å². The van der Waals surface area contributed by atoms with E-state index in [1.807, 2.05) is 6.21 Å². The topological polar surface area (TPSA) is 12.4 Å². The number of halogens is 3. The second-order valence-corrected chi connectivity index (χ2v) is 10.3. The van der Waals surface area contributed by atoms with Gasteiger partial charge in [0, 0.05) is 16.6 Å². The number of thiol groups is 1. The van der Waals surface area contributed by atoms with Gasteiger partial charge in [-0.3, -0.25) is 4.99 Å². The molecule has 0 radical (unpaired) electrons. The van der Waals surface area contributed by atoms with Crippen LogP contribution in [0.1, 0.15) is 17.0 Å². The summed E-state index contributed by atoms with van der Waals surface area (Å²) in [6, 6.07) is 21.0. The number of allylic oxidation sites excluding steroid dienone is 2. The molecule has 1 nitrogen and oxygen atoms in total. The Morgan fingerprint density at radius 2 is 1.89 bits per heavy atom. The van der Waals surface area contributed by atoms with Crippen molar-refractivity contribution in [3.05, 3.63) is 94.1 Å². The van der Waals surface area contributed by atoms with Crippen LogP contribution in [-0.4, -0.2) is 6.21 Å². The van der Waals surface area contributed by atoms with E-state index in [1.165, 1.54) is 27.5 Å². The first kappa shape index (κ1) is 22.8. The fourth-order valence-corrected chi connectivity index (χ4v) is 3.36. The van der Waals surface area contributed by atoms with Crippen LogP contribution in [0.5, 0.6) is 0 Å². The number of hydrogen-bond donors (Lipinski definition) is 0. The summed E-state index contributed by atoms with van der Waals surface area (Å²) in [5, 5.41) is 2.66. The smallest absolute Gasteiger partial charge is 0.0809 e. The summed E-state index contributed by atoms with van der Waals surface area (Å²) in [6.45, 7) is 0. The van der Waals surface area contributed by atoms with E-state index < -0.39 is 20.8 Å². The Morgan fingerprint density at radius 1 is 1.11 bits per heavy atom. The van der Waals surface area contributed by atoms with Crippen LogP contribution < -0.4 is 0 Å². The first-order valence-corrected chi connectivity index (χ1v) is 15.0. The molecule has 27 heavy (non-hydrogen) atoms. The van der Waals surface area contributed by atoms with E-state index in [-0.39, 0.29) is 13.5 Å². The maximum Gasteiger partial charge on any atom is -0.0809 e. The van der Waals surface area contributed by atoms with Crippen molar-refractivity contribution in [1.82, 2.24) is 0 Å². The van der Waals surface area contributed by atoms with E-state index in [4.69, 9.17) is 17.0 Å². The van der Waals surface area contributed by atoms with Gasteiger partial charge in [0.05, 0.1) is 0 Å². The summed E-state index contributed by atoms with van der Waals surface area (Å²) >= 11 is 2.65. The second-order valence-electron chi connectivity index (χ2n) is 5.65. The number of rotatable bonds is 0. The summed E-state index contributed by atoms with van der Waals surface area (Å²) in [5.74, 6) is 0.322. The standard InChI is InChI=1S/C12H7BrN.C9H7.2ClH.H2S.Zr/c13-10-1-2-11-9(6-10)5-8-3-4-14-7-12(8)11;1-2-5-9-7-3-6-8(9)4-1;;;;/h1-2,4-7,12H;1-7H;2*1H;1H2;/q2*-1;;;;+2/p-3. The van der Waals surface area contributed by atoms with Gasteiger partial charge in [-0.25, -0.2) is 11.6 Å². The average molecular weight is 555 g/mol. The minimum atomic E-state index is -0.826. The van der Waals surface area contributed by atoms with Crippen LogP contribution in [0.25, 0.3) is 16.8 Å². The Kier molecular flexibility index (Phi) is 9.69. The van der Waals surface area contributed by atoms with Crippen molar-refractivity contribution < 1.29 is 20.8 Å². The zero-order valence-corrected chi connectivity index (χ0v) is 20.6. The summed E-state index contributed by atoms with van der Waals surface area (Å²) in [5.41, 5.74) is 3.81. The van der Waals surface area contributed by atoms with Crippen LogP contribution in [0.4, 0.5) is 0 Å². The Bertz CT molecular complexity index is 951. The molecule has 0 spiro atoms. The van der Waals surface area contributed by atoms with E-state index in [2.05, 4.69) is 93.7 Å². The molecular formula is C21H15BrCl2NSZr-3. The van der Waals surface area contributed by atoms with Gasteiger partial charge in [-0.2, -0.15) is 23.6 Å². The zero-order chi connectivity index (χ0) is 18.4. The molecule has 0 saturated heterocycles. The van der Waals surface area contributed by atoms with Crippen molar-refractivity contribution >= 4 is 69.5 Å². The molecule has 3 aromatic carbocycles. The van der Waals surface area contributed by atoms with Crippen molar-refractivity contribution in [3.8, 4) is 0 Å². The predicted molar refractivity (Wildman–Crippen MR) is 121 cm³/mol. The summed E-state index contributed by atoms with van der Waals surface area (Å²) < 4.78 is 1.12. The van der Waals surface area contributed by atoms with Crippen molar-refractivity contribution in [1.29, 1.82) is 0 Å². The fraction of sp³-hybridized carbons (Fsp3) is 0.0476. The maximum atomic E-state index is 4.93. The molecule has 0 amide bonds. The normalized spacial score (nSPS) is 15.2. The molecule has 5 rings (SSSR count). The Hall–Kier alpha value is -0.507. The minimum absolute atomic E-state index is 0. The van der Waals surface area contributed by atoms with Crippen LogP contribution in [0.2, 0.25) is 0 Å². The third kappa shape index (κ3) is 5.98. The quantitative estimate of drug-likeness (QED) is 0.165. The molecule has 1 heterocycles. The molecule has 0 N–H and O–H groups in total. The Balaban J connectivity index is 0.000000175. The molecule has 1 aliphatic carbocycles. The van der Waals surface area contributed by atoms with Crippen molar-refractivity contribution in [2.24, 2.45) is 4.99 Å². The van der Waals surface area contributed by atoms with Gasteiger partial charge in [0.2, 0.25) is 0 Å². The molecular weight excluding hydrogens is 540 g/mol. The summed E-state index contributed by atoms with van der Waals surface area (Å²) in [4.78, 5) is 4.13. The molecule has 1 aliphatic heterocycles. The number of hydrogen-bond acceptors (Lipinski definition) is 2. The van der Waals surface area contributed by atoms with Crippen LogP contribution in [-0.2, 0) is 34.3 Å². The summed E-state index contributed by atoms with van der Waals surface area (Å²) in [6.07, 6.45) is 9.04. The molecule has 1 unspecified atom stereocenters. The number of fused-ring (bicyclic) bond motifs is 4. The van der Waals surface area contributed by atoms with Crippen LogP contribution in [0.15, 0.2) is 81.9 Å². The Morgan fingerprint density at radius 3 is 2.67 bits per heavy atom. The third-order valence-electron chi connectivity index (χ3n) is 4.12. The van der Waals surface area contributed by atoms with Crippen LogP contribution >= 0.6 is 33.0 Å². The largest absolute Gasteiger partial charge is 0.813 e. The van der Waals surface area contributed by atoms with Crippen LogP contribution in [0.3, 0.4) is 0 Å². The monoisotopic (exact) mass is 552 g/mol. The van der Waals surface area contributed by atoms with Crippen LogP contribution in [0, 0.1) is 6.08 Å². The number of benzene rings is 2. The molecule has 2 aliphatic rings. The molecule has 3 aromatic rings. The molecule has 0 saturated carbocycles. The number of aliphatic imine (C=N–C) groups is 1. The predicted octanol–water partition coefficient (Wildman–Crippen LogP) is 7.00. The van der Waals surface area contributed by atoms with Crippen molar-refractivity contribution in [2.45, 2.75) is 5.92 Å². The Labute approximate surface area is 193 Å². The molecule has 0 aromatic heterocycles. The molecule has 1 atom stereocenters. The van der Waals surface area contributed by atoms with Crippen molar-refractivity contribution in [2.75, 3.05) is 0 Å². The van der Waals surface area contributed by atoms with Gasteiger partial charge in [0.15, 0.2) is 0 Å². The van der Waals surface area contributed by atoms with Gasteiger partial charge >= 0.3 is 37.9 Å². The van der Waals surface area contributed by atoms with Gasteiger partial charge in [-0.15, -0.1) is 35.2 Å².